The Kier molecular flexibility index (Phi) is 5.65. The maximum Gasteiger partial charge on any atom is 0.207 e. The summed E-state index contributed by atoms with van der Waals surface area (Å²) in [6.07, 6.45) is 0. The molecule has 0 heterocycles. The number of hydrogen-bond donors (Lipinski definition) is 2. The van der Waals surface area contributed by atoms with E-state index in [1.807, 2.05) is 0 Å². The molecule has 0 saturated heterocycles. The summed E-state index contributed by atoms with van der Waals surface area (Å²) in [6.45, 7) is 0. The molecule has 1 aliphatic rings. The van der Waals surface area contributed by atoms with E-state index in [4.69, 9.17) is 0 Å². The van der Waals surface area contributed by atoms with Gasteiger partial charge in [-0.05, 0) is 36.4 Å². The van der Waals surface area contributed by atoms with Gasteiger partial charge in [-0.3, -0.25) is 9.59 Å². The highest BCUT2D eigenvalue weighted by Crippen LogP contribution is 2.45. The van der Waals surface area contributed by atoms with Crippen molar-refractivity contribution in [2.24, 2.45) is 0 Å². The van der Waals surface area contributed by atoms with Gasteiger partial charge < -0.3 is 10.2 Å². The van der Waals surface area contributed by atoms with Crippen molar-refractivity contribution in [3.8, 4) is 11.5 Å². The molecule has 0 radical (unpaired) electrons. The van der Waals surface area contributed by atoms with Crippen LogP contribution < -0.4 is 0 Å². The van der Waals surface area contributed by atoms with E-state index in [1.54, 1.807) is 24.3 Å². The molecule has 0 aromatic heterocycles. The lowest BCUT2D eigenvalue weighted by Gasteiger charge is -2.23. The minimum absolute atomic E-state index is 0.115. The molecule has 1 aliphatic carbocycles. The molecule has 0 amide bonds. The number of ketones is 2. The quantitative estimate of drug-likeness (QED) is 0.291. The van der Waals surface area contributed by atoms with Crippen LogP contribution in [0.25, 0.3) is 10.8 Å². The third-order valence-corrected chi connectivity index (χ3v) is 10.6. The SMILES string of the molecule is O=C1c2cc(S(=O)(=O)c3ccccc3)c(S(=O)(=O)c3ccccc3)cc2C(=O)c2c1c(O)c1ccccc1c2O. The Morgan fingerprint density at radius 2 is 0.800 bits per heavy atom. The van der Waals surface area contributed by atoms with Crippen LogP contribution in [0.15, 0.2) is 117 Å². The van der Waals surface area contributed by atoms with Crippen molar-refractivity contribution in [1.82, 2.24) is 0 Å². The summed E-state index contributed by atoms with van der Waals surface area (Å²) in [7, 11) is -9.04. The first-order valence-electron chi connectivity index (χ1n) is 11.9. The second-order valence-corrected chi connectivity index (χ2v) is 13.0. The molecule has 0 aliphatic heterocycles. The third-order valence-electron chi connectivity index (χ3n) is 6.87. The Bertz CT molecular complexity index is 1970. The zero-order valence-corrected chi connectivity index (χ0v) is 22.0. The molecule has 0 atom stereocenters. The molecule has 0 bridgehead atoms. The van der Waals surface area contributed by atoms with Gasteiger partial charge >= 0.3 is 0 Å². The van der Waals surface area contributed by atoms with E-state index in [0.29, 0.717) is 0 Å². The summed E-state index contributed by atoms with van der Waals surface area (Å²) in [6, 6.07) is 22.0. The maximum atomic E-state index is 13.8. The minimum atomic E-state index is -4.52. The molecule has 8 nitrogen and oxygen atoms in total. The second-order valence-electron chi connectivity index (χ2n) is 9.13. The van der Waals surface area contributed by atoms with E-state index < -0.39 is 74.8 Å². The normalized spacial score (nSPS) is 13.2. The van der Waals surface area contributed by atoms with E-state index in [2.05, 4.69) is 0 Å². The van der Waals surface area contributed by atoms with Crippen molar-refractivity contribution >= 4 is 42.0 Å². The van der Waals surface area contributed by atoms with Crippen molar-refractivity contribution in [2.45, 2.75) is 19.6 Å². The fourth-order valence-electron chi connectivity index (χ4n) is 4.92. The molecule has 0 unspecified atom stereocenters. The van der Waals surface area contributed by atoms with Gasteiger partial charge in [0.05, 0.1) is 30.7 Å². The topological polar surface area (TPSA) is 143 Å². The third kappa shape index (κ3) is 3.57. The Hall–Kier alpha value is -4.80. The molecule has 5 aromatic rings. The molecular weight excluding hydrogens is 552 g/mol. The number of phenolic OH excluding ortho intramolecular Hbond substituents is 2. The van der Waals surface area contributed by atoms with Crippen molar-refractivity contribution in [1.29, 1.82) is 0 Å². The fraction of sp³-hybridized carbons (Fsp3) is 0. The molecular formula is C30H18O8S2. The molecule has 5 aromatic carbocycles. The number of rotatable bonds is 4. The monoisotopic (exact) mass is 570 g/mol. The van der Waals surface area contributed by atoms with Gasteiger partial charge in [0.1, 0.15) is 11.5 Å². The zero-order valence-electron chi connectivity index (χ0n) is 20.4. The number of benzene rings is 5. The molecule has 0 saturated carbocycles. The number of phenols is 2. The number of hydrogen-bond acceptors (Lipinski definition) is 8. The molecule has 2 N–H and O–H groups in total. The summed E-state index contributed by atoms with van der Waals surface area (Å²) < 4.78 is 55.2. The van der Waals surface area contributed by atoms with Crippen molar-refractivity contribution in [3.63, 3.8) is 0 Å². The van der Waals surface area contributed by atoms with Crippen LogP contribution in [0.5, 0.6) is 11.5 Å². The van der Waals surface area contributed by atoms with Gasteiger partial charge in [0, 0.05) is 21.9 Å². The van der Waals surface area contributed by atoms with Crippen LogP contribution in [0.2, 0.25) is 0 Å². The number of fused-ring (bicyclic) bond motifs is 3. The number of carbonyl (C=O) groups excluding carboxylic acids is 2. The van der Waals surface area contributed by atoms with Gasteiger partial charge in [-0.1, -0.05) is 60.7 Å². The summed E-state index contributed by atoms with van der Waals surface area (Å²) in [4.78, 5) is 25.7. The molecule has 198 valence electrons. The molecule has 6 rings (SSSR count). The Morgan fingerprint density at radius 1 is 0.475 bits per heavy atom. The molecule has 40 heavy (non-hydrogen) atoms. The number of aromatic hydroxyl groups is 2. The van der Waals surface area contributed by atoms with E-state index in [1.165, 1.54) is 60.7 Å². The largest absolute Gasteiger partial charge is 0.506 e. The summed E-state index contributed by atoms with van der Waals surface area (Å²) in [5.74, 6) is -2.98. The smallest absolute Gasteiger partial charge is 0.207 e. The zero-order chi connectivity index (χ0) is 28.4. The summed E-state index contributed by atoms with van der Waals surface area (Å²) >= 11 is 0. The Balaban J connectivity index is 1.71. The molecule has 10 heteroatoms. The van der Waals surface area contributed by atoms with Crippen molar-refractivity contribution in [2.75, 3.05) is 0 Å². The first-order valence-corrected chi connectivity index (χ1v) is 14.9. The highest BCUT2D eigenvalue weighted by molar-refractivity contribution is 7.94. The second kappa shape index (κ2) is 8.87. The molecule has 0 spiro atoms. The van der Waals surface area contributed by atoms with Crippen LogP contribution in [0.4, 0.5) is 0 Å². The highest BCUT2D eigenvalue weighted by Gasteiger charge is 2.40. The van der Waals surface area contributed by atoms with E-state index in [0.717, 1.165) is 12.1 Å². The predicted octanol–water partition coefficient (Wildman–Crippen LogP) is 4.69. The van der Waals surface area contributed by atoms with Gasteiger partial charge in [0.15, 0.2) is 11.6 Å². The Morgan fingerprint density at radius 3 is 1.15 bits per heavy atom. The maximum absolute atomic E-state index is 13.8. The first-order chi connectivity index (χ1) is 19.0. The van der Waals surface area contributed by atoms with Crippen molar-refractivity contribution < 1.29 is 36.6 Å². The summed E-state index contributed by atoms with van der Waals surface area (Å²) in [5.41, 5.74) is -1.81. The van der Waals surface area contributed by atoms with Gasteiger partial charge in [0.2, 0.25) is 19.7 Å². The average molecular weight is 571 g/mol. The fourth-order valence-corrected chi connectivity index (χ4v) is 8.31. The van der Waals surface area contributed by atoms with Crippen LogP contribution >= 0.6 is 0 Å². The van der Waals surface area contributed by atoms with Crippen molar-refractivity contribution in [3.05, 3.63) is 119 Å². The summed E-state index contributed by atoms with van der Waals surface area (Å²) in [5, 5.41) is 22.2. The lowest BCUT2D eigenvalue weighted by atomic mass is 9.81. The van der Waals surface area contributed by atoms with Crippen LogP contribution in [-0.4, -0.2) is 38.6 Å². The van der Waals surface area contributed by atoms with E-state index >= 15 is 0 Å². The van der Waals surface area contributed by atoms with Gasteiger partial charge in [-0.15, -0.1) is 0 Å². The average Bonchev–Trinajstić information content (AvgIpc) is 2.98. The minimum Gasteiger partial charge on any atom is -0.506 e. The first kappa shape index (κ1) is 25.5. The predicted molar refractivity (Wildman–Crippen MR) is 144 cm³/mol. The standard InChI is InChI=1S/C30H18O8S2/c31-27-19-13-7-8-14-20(19)28(32)26-25(27)29(33)21-15-23(39(35,36)17-9-3-1-4-10-17)24(16-22(21)30(26)34)40(37,38)18-11-5-2-6-12-18/h1-16,31-32H. The van der Waals surface area contributed by atoms with Crippen LogP contribution in [0.1, 0.15) is 31.8 Å². The Labute approximate surface area is 228 Å². The van der Waals surface area contributed by atoms with Crippen LogP contribution in [0.3, 0.4) is 0 Å². The van der Waals surface area contributed by atoms with Crippen LogP contribution in [0, 0.1) is 0 Å². The van der Waals surface area contributed by atoms with Crippen LogP contribution in [-0.2, 0) is 19.7 Å². The number of sulfone groups is 2. The lowest BCUT2D eigenvalue weighted by Crippen LogP contribution is -2.24. The van der Waals surface area contributed by atoms with Gasteiger partial charge in [-0.2, -0.15) is 0 Å². The van der Waals surface area contributed by atoms with E-state index in [9.17, 15) is 36.6 Å². The van der Waals surface area contributed by atoms with E-state index in [-0.39, 0.29) is 20.6 Å². The van der Waals surface area contributed by atoms with Gasteiger partial charge in [0.25, 0.3) is 0 Å². The molecule has 0 fully saturated rings. The number of carbonyl (C=O) groups is 2. The highest BCUT2D eigenvalue weighted by atomic mass is 32.2. The lowest BCUT2D eigenvalue weighted by molar-refractivity contribution is 0.0974. The van der Waals surface area contributed by atoms with Gasteiger partial charge in [-0.25, -0.2) is 16.8 Å².